The van der Waals surface area contributed by atoms with E-state index >= 15 is 0 Å². The number of hydrazine groups is 1. The molecule has 0 radical (unpaired) electrons. The largest absolute Gasteiger partial charge is 0.452 e. The van der Waals surface area contributed by atoms with Crippen LogP contribution >= 0.6 is 0 Å². The number of primary amides is 1. The molecule has 2 fully saturated rings. The average molecular weight is 724 g/mol. The number of esters is 1. The fraction of sp³-hybridized carbons (Fsp3) is 0.575. The lowest BCUT2D eigenvalue weighted by atomic mass is 9.96. The summed E-state index contributed by atoms with van der Waals surface area (Å²) in [4.78, 5) is 54.7. The smallest absolute Gasteiger partial charge is 0.310 e. The molecule has 3 heterocycles. The lowest BCUT2D eigenvalue weighted by molar-refractivity contribution is -0.167. The molecule has 2 aliphatic rings. The van der Waals surface area contributed by atoms with Gasteiger partial charge in [0.15, 0.2) is 11.9 Å². The number of fused-ring (bicyclic) bond motifs is 1. The zero-order valence-electron chi connectivity index (χ0n) is 32.4. The summed E-state index contributed by atoms with van der Waals surface area (Å²) >= 11 is 0. The molecule has 1 aromatic carbocycles. The van der Waals surface area contributed by atoms with Crippen LogP contribution in [0.2, 0.25) is 0 Å². The summed E-state index contributed by atoms with van der Waals surface area (Å²) in [6, 6.07) is 7.02. The van der Waals surface area contributed by atoms with Crippen LogP contribution in [-0.2, 0) is 39.8 Å². The highest BCUT2D eigenvalue weighted by Crippen LogP contribution is 2.28. The van der Waals surface area contributed by atoms with Crippen molar-refractivity contribution >= 4 is 40.5 Å². The fourth-order valence-electron chi connectivity index (χ4n) is 5.76. The van der Waals surface area contributed by atoms with Crippen molar-refractivity contribution in [2.75, 3.05) is 19.8 Å². The molecule has 0 saturated carbocycles. The number of carbonyl (C=O) groups is 4. The van der Waals surface area contributed by atoms with Crippen LogP contribution in [0.15, 0.2) is 49.2 Å². The quantitative estimate of drug-likeness (QED) is 0.166. The molecular weight excluding hydrogens is 662 g/mol. The van der Waals surface area contributed by atoms with Gasteiger partial charge in [-0.3, -0.25) is 29.2 Å². The topological polar surface area (TPSA) is 162 Å². The number of aromatic nitrogens is 1. The van der Waals surface area contributed by atoms with Crippen LogP contribution in [-0.4, -0.2) is 77.4 Å². The Bertz CT molecular complexity index is 1500. The van der Waals surface area contributed by atoms with Crippen LogP contribution < -0.4 is 16.5 Å². The summed E-state index contributed by atoms with van der Waals surface area (Å²) in [5.41, 5.74) is 10.5. The van der Waals surface area contributed by atoms with Crippen molar-refractivity contribution in [3.05, 3.63) is 60.5 Å². The number of nitrogens with two attached hydrogens (primary N) is 1. The molecule has 12 nitrogen and oxygen atoms in total. The normalized spacial score (nSPS) is 18.3. The van der Waals surface area contributed by atoms with Gasteiger partial charge in [-0.1, -0.05) is 71.5 Å². The van der Waals surface area contributed by atoms with Gasteiger partial charge in [0.25, 0.3) is 11.8 Å². The number of ether oxygens (including phenoxy) is 3. The van der Waals surface area contributed by atoms with Gasteiger partial charge in [0.1, 0.15) is 12.1 Å². The van der Waals surface area contributed by atoms with Crippen LogP contribution in [0.1, 0.15) is 98.8 Å². The van der Waals surface area contributed by atoms with Gasteiger partial charge in [0.05, 0.1) is 24.8 Å². The predicted molar refractivity (Wildman–Crippen MR) is 204 cm³/mol. The Morgan fingerprint density at radius 2 is 1.85 bits per heavy atom. The van der Waals surface area contributed by atoms with Gasteiger partial charge < -0.3 is 25.3 Å². The van der Waals surface area contributed by atoms with Gasteiger partial charge in [0, 0.05) is 24.5 Å². The molecule has 288 valence electrons. The van der Waals surface area contributed by atoms with Gasteiger partial charge in [-0.05, 0) is 81.9 Å². The Kier molecular flexibility index (Phi) is 18.7. The number of pyridine rings is 1. The summed E-state index contributed by atoms with van der Waals surface area (Å²) in [5, 5.41) is 6.39. The summed E-state index contributed by atoms with van der Waals surface area (Å²) in [6.45, 7) is 20.1. The van der Waals surface area contributed by atoms with E-state index in [1.807, 2.05) is 46.0 Å². The second-order valence-electron chi connectivity index (χ2n) is 13.3. The van der Waals surface area contributed by atoms with Crippen LogP contribution in [0.25, 0.3) is 16.8 Å². The monoisotopic (exact) mass is 723 g/mol. The number of aryl methyl sites for hydroxylation is 1. The molecule has 3 amide bonds. The number of hydrogen-bond donors (Lipinski definition) is 3. The molecule has 4 atom stereocenters. The highest BCUT2D eigenvalue weighted by molar-refractivity contribution is 5.90. The number of nitrogens with zero attached hydrogens (tertiary/aromatic N) is 2. The molecule has 4 unspecified atom stereocenters. The second kappa shape index (κ2) is 22.1. The number of carbonyl (C=O) groups excluding carboxylic acids is 4. The van der Waals surface area contributed by atoms with E-state index in [9.17, 15) is 19.2 Å². The molecule has 2 aliphatic heterocycles. The zero-order chi connectivity index (χ0) is 38.8. The molecule has 0 spiro atoms. The summed E-state index contributed by atoms with van der Waals surface area (Å²) < 4.78 is 17.0. The Balaban J connectivity index is 0.000000482. The van der Waals surface area contributed by atoms with Crippen molar-refractivity contribution in [2.24, 2.45) is 17.6 Å². The molecular formula is C40H61N5O7. The predicted octanol–water partition coefficient (Wildman–Crippen LogP) is 5.63. The van der Waals surface area contributed by atoms with E-state index in [0.29, 0.717) is 51.9 Å². The lowest BCUT2D eigenvalue weighted by Crippen LogP contribution is -2.60. The SMILES string of the molecule is C/C=C/CC(CCC1(C)OCCO1)C(=O)OC(C(=O)NC(C)C(=O)N1CCCC(C(N)=O)N1)C(C)C.C=Cc1cc2cc(CC)ccc2cn1.CC. The minimum absolute atomic E-state index is 0.315. The number of hydrogen-bond acceptors (Lipinski definition) is 9. The second-order valence-corrected chi connectivity index (χ2v) is 13.3. The third kappa shape index (κ3) is 13.4. The van der Waals surface area contributed by atoms with Crippen LogP contribution in [0.3, 0.4) is 0 Å². The molecule has 2 saturated heterocycles. The maximum atomic E-state index is 13.1. The Morgan fingerprint density at radius 3 is 2.44 bits per heavy atom. The molecule has 0 aliphatic carbocycles. The van der Waals surface area contributed by atoms with Gasteiger partial charge in [-0.2, -0.15) is 0 Å². The number of allylic oxidation sites excluding steroid dienone is 2. The summed E-state index contributed by atoms with van der Waals surface area (Å²) in [6.07, 6.45) is 10.0. The Hall–Kier alpha value is -4.13. The third-order valence-electron chi connectivity index (χ3n) is 8.89. The van der Waals surface area contributed by atoms with E-state index in [0.717, 1.165) is 12.1 Å². The van der Waals surface area contributed by atoms with Crippen molar-refractivity contribution in [1.29, 1.82) is 0 Å². The van der Waals surface area contributed by atoms with E-state index < -0.39 is 53.6 Å². The molecule has 12 heteroatoms. The fourth-order valence-corrected chi connectivity index (χ4v) is 5.76. The molecule has 2 aromatic rings. The van der Waals surface area contributed by atoms with Crippen molar-refractivity contribution in [3.8, 4) is 0 Å². The highest BCUT2D eigenvalue weighted by Gasteiger charge is 2.36. The first-order valence-corrected chi connectivity index (χ1v) is 18.6. The number of amides is 3. The first kappa shape index (κ1) is 44.0. The van der Waals surface area contributed by atoms with Gasteiger partial charge in [-0.25, -0.2) is 5.43 Å². The molecule has 0 bridgehead atoms. The first-order valence-electron chi connectivity index (χ1n) is 18.6. The molecule has 52 heavy (non-hydrogen) atoms. The lowest BCUT2D eigenvalue weighted by Gasteiger charge is -2.34. The number of nitrogens with one attached hydrogen (secondary N) is 2. The van der Waals surface area contributed by atoms with Crippen molar-refractivity contribution in [1.82, 2.24) is 20.7 Å². The summed E-state index contributed by atoms with van der Waals surface area (Å²) in [5.74, 6) is -3.49. The first-order chi connectivity index (χ1) is 24.8. The number of rotatable bonds is 14. The van der Waals surface area contributed by atoms with Gasteiger partial charge >= 0.3 is 5.97 Å². The average Bonchev–Trinajstić information content (AvgIpc) is 3.59. The summed E-state index contributed by atoms with van der Waals surface area (Å²) in [7, 11) is 0. The molecule has 1 aromatic heterocycles. The van der Waals surface area contributed by atoms with Crippen LogP contribution in [0.4, 0.5) is 0 Å². The van der Waals surface area contributed by atoms with Gasteiger partial charge in [-0.15, -0.1) is 0 Å². The number of benzene rings is 1. The van der Waals surface area contributed by atoms with Crippen LogP contribution in [0, 0.1) is 11.8 Å². The van der Waals surface area contributed by atoms with E-state index in [1.165, 1.54) is 21.3 Å². The standard InChI is InChI=1S/C25H42N4O7.C13H13N.C2H6/c1-6-7-9-18(11-12-25(5)34-14-15-35-25)24(33)36-20(16(2)3)22(31)27-17(4)23(32)29-13-8-10-19(28-29)21(26)30;1-3-10-5-6-11-9-14-13(4-2)8-12(11)7-10;1-2/h6-7,16-20,28H,8-15H2,1-5H3,(H2,26,30)(H,27,31);4-9H,2-3H2,1H3;1-2H3/b7-6+;;. The molecule has 4 N–H and O–H groups in total. The maximum absolute atomic E-state index is 13.1. The third-order valence-corrected chi connectivity index (χ3v) is 8.89. The Morgan fingerprint density at radius 1 is 1.15 bits per heavy atom. The van der Waals surface area contributed by atoms with Crippen molar-refractivity contribution in [2.45, 2.75) is 118 Å². The highest BCUT2D eigenvalue weighted by atomic mass is 16.7. The van der Waals surface area contributed by atoms with E-state index in [2.05, 4.69) is 53.5 Å². The van der Waals surface area contributed by atoms with E-state index in [4.69, 9.17) is 19.9 Å². The van der Waals surface area contributed by atoms with Crippen LogP contribution in [0.5, 0.6) is 0 Å². The minimum Gasteiger partial charge on any atom is -0.452 e. The minimum atomic E-state index is -1.07. The van der Waals surface area contributed by atoms with Gasteiger partial charge in [0.2, 0.25) is 5.91 Å². The van der Waals surface area contributed by atoms with Crippen molar-refractivity contribution in [3.63, 3.8) is 0 Å². The van der Waals surface area contributed by atoms with E-state index in [1.54, 1.807) is 26.8 Å². The Labute approximate surface area is 309 Å². The maximum Gasteiger partial charge on any atom is 0.310 e. The van der Waals surface area contributed by atoms with E-state index in [-0.39, 0.29) is 5.92 Å². The van der Waals surface area contributed by atoms with Crippen molar-refractivity contribution < 1.29 is 33.4 Å². The zero-order valence-corrected chi connectivity index (χ0v) is 32.4. The molecule has 4 rings (SSSR count).